The van der Waals surface area contributed by atoms with Crippen LogP contribution in [0.3, 0.4) is 0 Å². The van der Waals surface area contributed by atoms with Crippen LogP contribution in [0, 0.1) is 11.6 Å². The second-order valence-electron chi connectivity index (χ2n) is 5.04. The van der Waals surface area contributed by atoms with E-state index in [-0.39, 0.29) is 6.04 Å². The van der Waals surface area contributed by atoms with Crippen LogP contribution >= 0.6 is 0 Å². The Morgan fingerprint density at radius 2 is 2.27 bits per heavy atom. The first-order chi connectivity index (χ1) is 10.6. The van der Waals surface area contributed by atoms with Gasteiger partial charge in [-0.15, -0.1) is 0 Å². The number of carbonyl (C=O) groups is 1. The van der Waals surface area contributed by atoms with Crippen LogP contribution in [0.15, 0.2) is 24.7 Å². The van der Waals surface area contributed by atoms with Crippen molar-refractivity contribution in [3.05, 3.63) is 47.8 Å². The minimum Gasteiger partial charge on any atom is -0.368 e. The number of ether oxygens (including phenoxy) is 1. The molecule has 1 aliphatic rings. The highest BCUT2D eigenvalue weighted by molar-refractivity contribution is 5.92. The lowest BCUT2D eigenvalue weighted by Crippen LogP contribution is -2.38. The van der Waals surface area contributed by atoms with Gasteiger partial charge in [0.2, 0.25) is 0 Å². The second kappa shape index (κ2) is 5.80. The molecule has 0 spiro atoms. The van der Waals surface area contributed by atoms with Crippen molar-refractivity contribution in [1.29, 1.82) is 0 Å². The Hall–Kier alpha value is -2.35. The summed E-state index contributed by atoms with van der Waals surface area (Å²) in [5.41, 5.74) is -0.438. The average molecular weight is 308 g/mol. The monoisotopic (exact) mass is 308 g/mol. The topological polar surface area (TPSA) is 69.0 Å². The Morgan fingerprint density at radius 1 is 1.45 bits per heavy atom. The van der Waals surface area contributed by atoms with Crippen molar-refractivity contribution >= 4 is 5.91 Å². The third kappa shape index (κ3) is 2.69. The summed E-state index contributed by atoms with van der Waals surface area (Å²) in [6.07, 6.45) is 4.38. The summed E-state index contributed by atoms with van der Waals surface area (Å²) in [5.74, 6) is -1.85. The van der Waals surface area contributed by atoms with Crippen LogP contribution < -0.4 is 5.32 Å². The quantitative estimate of drug-likeness (QED) is 0.929. The molecule has 116 valence electrons. The van der Waals surface area contributed by atoms with E-state index in [1.807, 2.05) is 7.05 Å². The SMILES string of the molecule is Cn1ccnc1[C@H]1OCC[C@@H]1NC(=O)c1ncc(F)cc1F. The van der Waals surface area contributed by atoms with Gasteiger partial charge in [0.15, 0.2) is 11.5 Å². The van der Waals surface area contributed by atoms with Crippen molar-refractivity contribution in [3.8, 4) is 0 Å². The van der Waals surface area contributed by atoms with Gasteiger partial charge < -0.3 is 14.6 Å². The molecular formula is C14H14F2N4O2. The highest BCUT2D eigenvalue weighted by Crippen LogP contribution is 2.28. The maximum atomic E-state index is 13.6. The number of nitrogens with zero attached hydrogens (tertiary/aromatic N) is 3. The van der Waals surface area contributed by atoms with Gasteiger partial charge in [0.05, 0.1) is 12.2 Å². The average Bonchev–Trinajstić information content (AvgIpc) is 3.07. The number of hydrogen-bond acceptors (Lipinski definition) is 4. The Morgan fingerprint density at radius 3 is 2.95 bits per heavy atom. The fourth-order valence-corrected chi connectivity index (χ4v) is 2.46. The van der Waals surface area contributed by atoms with E-state index in [4.69, 9.17) is 4.74 Å². The minimum absolute atomic E-state index is 0.347. The van der Waals surface area contributed by atoms with Gasteiger partial charge in [-0.1, -0.05) is 0 Å². The molecular weight excluding hydrogens is 294 g/mol. The van der Waals surface area contributed by atoms with E-state index >= 15 is 0 Å². The van der Waals surface area contributed by atoms with Gasteiger partial charge in [-0.3, -0.25) is 4.79 Å². The van der Waals surface area contributed by atoms with Gasteiger partial charge in [-0.05, 0) is 6.42 Å². The lowest BCUT2D eigenvalue weighted by atomic mass is 10.1. The number of halogens is 2. The summed E-state index contributed by atoms with van der Waals surface area (Å²) in [4.78, 5) is 19.8. The van der Waals surface area contributed by atoms with Crippen LogP contribution in [0.25, 0.3) is 0 Å². The van der Waals surface area contributed by atoms with Crippen LogP contribution in [0.2, 0.25) is 0 Å². The molecule has 2 aromatic rings. The Kier molecular flexibility index (Phi) is 3.84. The van der Waals surface area contributed by atoms with Crippen molar-refractivity contribution in [2.45, 2.75) is 18.6 Å². The molecule has 1 saturated heterocycles. The van der Waals surface area contributed by atoms with E-state index in [0.29, 0.717) is 24.9 Å². The fourth-order valence-electron chi connectivity index (χ4n) is 2.46. The summed E-state index contributed by atoms with van der Waals surface area (Å²) in [7, 11) is 1.82. The molecule has 0 radical (unpaired) electrons. The summed E-state index contributed by atoms with van der Waals surface area (Å²) < 4.78 is 33.8. The van der Waals surface area contributed by atoms with Gasteiger partial charge in [-0.2, -0.15) is 0 Å². The Labute approximate surface area is 125 Å². The van der Waals surface area contributed by atoms with Crippen LogP contribution in [-0.4, -0.2) is 33.1 Å². The predicted octanol–water partition coefficient (Wildman–Crippen LogP) is 1.35. The smallest absolute Gasteiger partial charge is 0.273 e. The molecule has 3 heterocycles. The molecule has 1 amide bonds. The highest BCUT2D eigenvalue weighted by atomic mass is 19.1. The molecule has 8 heteroatoms. The number of nitrogens with one attached hydrogen (secondary N) is 1. The van der Waals surface area contributed by atoms with Crippen molar-refractivity contribution in [1.82, 2.24) is 19.9 Å². The normalized spacial score (nSPS) is 21.0. The lowest BCUT2D eigenvalue weighted by Gasteiger charge is -2.19. The number of aromatic nitrogens is 3. The minimum atomic E-state index is -0.995. The van der Waals surface area contributed by atoms with E-state index in [2.05, 4.69) is 15.3 Å². The third-order valence-electron chi connectivity index (χ3n) is 3.54. The molecule has 0 aliphatic carbocycles. The standard InChI is InChI=1S/C14H14F2N4O2/c1-20-4-3-17-13(20)12-10(2-5-22-12)19-14(21)11-9(16)6-8(15)7-18-11/h3-4,6-7,10,12H,2,5H2,1H3,(H,19,21)/t10-,12-/m0/s1. The molecule has 1 N–H and O–H groups in total. The Balaban J connectivity index is 1.77. The predicted molar refractivity (Wildman–Crippen MR) is 71.9 cm³/mol. The van der Waals surface area contributed by atoms with E-state index in [0.717, 1.165) is 6.20 Å². The number of aryl methyl sites for hydroxylation is 1. The zero-order valence-corrected chi connectivity index (χ0v) is 11.8. The summed E-state index contributed by atoms with van der Waals surface area (Å²) in [6, 6.07) is 0.281. The zero-order valence-electron chi connectivity index (χ0n) is 11.8. The van der Waals surface area contributed by atoms with Gasteiger partial charge >= 0.3 is 0 Å². The molecule has 6 nitrogen and oxygen atoms in total. The summed E-state index contributed by atoms with van der Waals surface area (Å²) in [6.45, 7) is 0.460. The molecule has 3 rings (SSSR count). The number of hydrogen-bond donors (Lipinski definition) is 1. The Bertz CT molecular complexity index is 704. The van der Waals surface area contributed by atoms with Crippen LogP contribution in [0.5, 0.6) is 0 Å². The maximum Gasteiger partial charge on any atom is 0.273 e. The molecule has 0 saturated carbocycles. The molecule has 2 atom stereocenters. The van der Waals surface area contributed by atoms with E-state index in [9.17, 15) is 13.6 Å². The highest BCUT2D eigenvalue weighted by Gasteiger charge is 2.34. The molecule has 2 aromatic heterocycles. The lowest BCUT2D eigenvalue weighted by molar-refractivity contribution is 0.0773. The third-order valence-corrected chi connectivity index (χ3v) is 3.54. The largest absolute Gasteiger partial charge is 0.368 e. The molecule has 0 bridgehead atoms. The van der Waals surface area contributed by atoms with Crippen molar-refractivity contribution < 1.29 is 18.3 Å². The second-order valence-corrected chi connectivity index (χ2v) is 5.04. The molecule has 0 unspecified atom stereocenters. The number of amides is 1. The van der Waals surface area contributed by atoms with Gasteiger partial charge in [0.1, 0.15) is 17.7 Å². The molecule has 1 aliphatic heterocycles. The first-order valence-electron chi connectivity index (χ1n) is 6.77. The first-order valence-corrected chi connectivity index (χ1v) is 6.77. The number of carbonyl (C=O) groups excluding carboxylic acids is 1. The summed E-state index contributed by atoms with van der Waals surface area (Å²) >= 11 is 0. The first kappa shape index (κ1) is 14.6. The van der Waals surface area contributed by atoms with Crippen LogP contribution in [0.1, 0.15) is 28.8 Å². The van der Waals surface area contributed by atoms with Crippen molar-refractivity contribution in [2.75, 3.05) is 6.61 Å². The van der Waals surface area contributed by atoms with Crippen LogP contribution in [0.4, 0.5) is 8.78 Å². The molecule has 1 fully saturated rings. The zero-order chi connectivity index (χ0) is 15.7. The van der Waals surface area contributed by atoms with Gasteiger partial charge in [0, 0.05) is 32.1 Å². The van der Waals surface area contributed by atoms with E-state index in [1.54, 1.807) is 17.0 Å². The fraction of sp³-hybridized carbons (Fsp3) is 0.357. The van der Waals surface area contributed by atoms with Crippen molar-refractivity contribution in [2.24, 2.45) is 7.05 Å². The maximum absolute atomic E-state index is 13.6. The summed E-state index contributed by atoms with van der Waals surface area (Å²) in [5, 5.41) is 2.68. The number of imidazole rings is 1. The van der Waals surface area contributed by atoms with Gasteiger partial charge in [-0.25, -0.2) is 18.7 Å². The number of rotatable bonds is 3. The van der Waals surface area contributed by atoms with E-state index < -0.39 is 29.3 Å². The van der Waals surface area contributed by atoms with Gasteiger partial charge in [0.25, 0.3) is 5.91 Å². The van der Waals surface area contributed by atoms with E-state index in [1.165, 1.54) is 0 Å². The van der Waals surface area contributed by atoms with Crippen molar-refractivity contribution in [3.63, 3.8) is 0 Å². The molecule has 0 aromatic carbocycles. The van der Waals surface area contributed by atoms with Crippen LogP contribution in [-0.2, 0) is 11.8 Å². The molecule has 22 heavy (non-hydrogen) atoms. The number of pyridine rings is 1.